The molecule has 0 spiro atoms. The van der Waals surface area contributed by atoms with Crippen LogP contribution in [0.4, 0.5) is 5.69 Å². The number of nitrogens with zero attached hydrogens (tertiary/aromatic N) is 4. The van der Waals surface area contributed by atoms with Gasteiger partial charge in [0.1, 0.15) is 23.0 Å². The van der Waals surface area contributed by atoms with Crippen molar-refractivity contribution in [2.45, 2.75) is 25.9 Å². The normalized spacial score (nSPS) is 13.7. The molecule has 272 valence electrons. The monoisotopic (exact) mass is 725 g/mol. The summed E-state index contributed by atoms with van der Waals surface area (Å²) < 4.78 is 12.3. The summed E-state index contributed by atoms with van der Waals surface area (Å²) in [5.41, 5.74) is 4.51. The molecule has 2 heterocycles. The standard InChI is InChI=1S/C45H48ClN5O2/c46-38-19-20-43-44(21-23-48-45(43)33-38)47-22-9-24-49-27-29-50(30-28-49)25-10-26-51(34-36-11-7-17-41(31-36)52-39-13-3-1-4-14-39)35-37-12-8-18-42(32-37)53-40-15-5-2-6-16-40/h1-8,11-21,23,31-33H,9-10,22,24-30,34-35H2,(H,47,48). The molecule has 1 aromatic heterocycles. The number of halogens is 1. The van der Waals surface area contributed by atoms with Crippen molar-refractivity contribution in [3.63, 3.8) is 0 Å². The third kappa shape index (κ3) is 11.0. The van der Waals surface area contributed by atoms with E-state index in [1.165, 1.54) is 11.1 Å². The lowest BCUT2D eigenvalue weighted by Gasteiger charge is -2.35. The number of rotatable bonds is 17. The summed E-state index contributed by atoms with van der Waals surface area (Å²) in [7, 11) is 0. The molecule has 7 rings (SSSR count). The summed E-state index contributed by atoms with van der Waals surface area (Å²) in [6, 6.07) is 44.9. The van der Waals surface area contributed by atoms with Gasteiger partial charge in [0.05, 0.1) is 5.52 Å². The van der Waals surface area contributed by atoms with Crippen molar-refractivity contribution in [2.24, 2.45) is 0 Å². The highest BCUT2D eigenvalue weighted by molar-refractivity contribution is 6.31. The predicted octanol–water partition coefficient (Wildman–Crippen LogP) is 9.98. The van der Waals surface area contributed by atoms with Gasteiger partial charge >= 0.3 is 0 Å². The van der Waals surface area contributed by atoms with E-state index in [-0.39, 0.29) is 0 Å². The first-order chi connectivity index (χ1) is 26.1. The summed E-state index contributed by atoms with van der Waals surface area (Å²) >= 11 is 6.17. The van der Waals surface area contributed by atoms with Crippen molar-refractivity contribution in [3.8, 4) is 23.0 Å². The van der Waals surface area contributed by atoms with Crippen molar-refractivity contribution in [1.29, 1.82) is 0 Å². The minimum Gasteiger partial charge on any atom is -0.457 e. The third-order valence-corrected chi connectivity index (χ3v) is 9.89. The second-order valence-corrected chi connectivity index (χ2v) is 14.1. The highest BCUT2D eigenvalue weighted by atomic mass is 35.5. The molecular weight excluding hydrogens is 678 g/mol. The highest BCUT2D eigenvalue weighted by Crippen LogP contribution is 2.26. The van der Waals surface area contributed by atoms with Crippen molar-refractivity contribution in [2.75, 3.05) is 57.7 Å². The lowest BCUT2D eigenvalue weighted by Crippen LogP contribution is -2.47. The van der Waals surface area contributed by atoms with Gasteiger partial charge in [0.2, 0.25) is 0 Å². The van der Waals surface area contributed by atoms with Crippen LogP contribution in [0.25, 0.3) is 10.9 Å². The smallest absolute Gasteiger partial charge is 0.127 e. The molecule has 0 amide bonds. The molecule has 0 unspecified atom stereocenters. The van der Waals surface area contributed by atoms with Crippen LogP contribution in [0.2, 0.25) is 5.02 Å². The maximum atomic E-state index is 6.17. The van der Waals surface area contributed by atoms with Gasteiger partial charge in [-0.1, -0.05) is 72.3 Å². The number of piperazine rings is 1. The molecule has 8 heteroatoms. The molecule has 0 bridgehead atoms. The number of fused-ring (bicyclic) bond motifs is 1. The lowest BCUT2D eigenvalue weighted by molar-refractivity contribution is 0.125. The number of benzene rings is 5. The van der Waals surface area contributed by atoms with Crippen LogP contribution in [-0.2, 0) is 13.1 Å². The number of anilines is 1. The summed E-state index contributed by atoms with van der Waals surface area (Å²) in [4.78, 5) is 12.2. The average molecular weight is 726 g/mol. The largest absolute Gasteiger partial charge is 0.457 e. The molecule has 0 atom stereocenters. The van der Waals surface area contributed by atoms with Crippen LogP contribution in [0.1, 0.15) is 24.0 Å². The minimum absolute atomic E-state index is 0.713. The minimum atomic E-state index is 0.713. The second kappa shape index (κ2) is 18.7. The van der Waals surface area contributed by atoms with E-state index in [0.29, 0.717) is 5.02 Å². The predicted molar refractivity (Wildman–Crippen MR) is 217 cm³/mol. The number of aromatic nitrogens is 1. The molecule has 0 saturated carbocycles. The first kappa shape index (κ1) is 36.4. The first-order valence-electron chi connectivity index (χ1n) is 18.7. The zero-order valence-corrected chi connectivity index (χ0v) is 31.0. The quantitative estimate of drug-likeness (QED) is 0.0940. The van der Waals surface area contributed by atoms with E-state index >= 15 is 0 Å². The van der Waals surface area contributed by atoms with Crippen molar-refractivity contribution in [3.05, 3.63) is 156 Å². The molecule has 5 aromatic carbocycles. The fraction of sp³-hybridized carbons (Fsp3) is 0.267. The molecule has 1 aliphatic heterocycles. The maximum absolute atomic E-state index is 6.17. The zero-order valence-electron chi connectivity index (χ0n) is 30.2. The Kier molecular flexibility index (Phi) is 12.9. The van der Waals surface area contributed by atoms with E-state index in [1.807, 2.05) is 103 Å². The van der Waals surface area contributed by atoms with E-state index in [0.717, 1.165) is 118 Å². The molecular formula is C45H48ClN5O2. The molecule has 53 heavy (non-hydrogen) atoms. The van der Waals surface area contributed by atoms with Crippen molar-refractivity contribution >= 4 is 28.2 Å². The number of hydrogen-bond donors (Lipinski definition) is 1. The van der Waals surface area contributed by atoms with Gasteiger partial charge in [-0.3, -0.25) is 9.88 Å². The Balaban J connectivity index is 0.903. The van der Waals surface area contributed by atoms with Gasteiger partial charge in [-0.15, -0.1) is 0 Å². The van der Waals surface area contributed by atoms with Crippen LogP contribution in [0, 0.1) is 0 Å². The van der Waals surface area contributed by atoms with Crippen LogP contribution in [0.3, 0.4) is 0 Å². The molecule has 7 nitrogen and oxygen atoms in total. The topological polar surface area (TPSA) is 53.1 Å². The molecule has 0 radical (unpaired) electrons. The van der Waals surface area contributed by atoms with Gasteiger partial charge in [-0.2, -0.15) is 0 Å². The Hall–Kier alpha value is -4.92. The van der Waals surface area contributed by atoms with E-state index in [2.05, 4.69) is 61.4 Å². The molecule has 1 aliphatic rings. The van der Waals surface area contributed by atoms with E-state index < -0.39 is 0 Å². The molecule has 0 aliphatic carbocycles. The van der Waals surface area contributed by atoms with Gasteiger partial charge in [-0.25, -0.2) is 0 Å². The van der Waals surface area contributed by atoms with Crippen LogP contribution < -0.4 is 14.8 Å². The van der Waals surface area contributed by atoms with Crippen LogP contribution in [0.5, 0.6) is 23.0 Å². The number of para-hydroxylation sites is 2. The number of hydrogen-bond acceptors (Lipinski definition) is 7. The molecule has 6 aromatic rings. The maximum Gasteiger partial charge on any atom is 0.127 e. The van der Waals surface area contributed by atoms with Gasteiger partial charge in [-0.05, 0) is 110 Å². The fourth-order valence-corrected chi connectivity index (χ4v) is 7.12. The summed E-state index contributed by atoms with van der Waals surface area (Å²) in [5, 5.41) is 5.44. The third-order valence-electron chi connectivity index (χ3n) is 9.65. The van der Waals surface area contributed by atoms with Crippen molar-refractivity contribution in [1.82, 2.24) is 19.7 Å². The van der Waals surface area contributed by atoms with Gasteiger partial charge in [0.25, 0.3) is 0 Å². The van der Waals surface area contributed by atoms with Gasteiger partial charge in [0, 0.05) is 74.7 Å². The lowest BCUT2D eigenvalue weighted by atomic mass is 10.1. The number of ether oxygens (including phenoxy) is 2. The summed E-state index contributed by atoms with van der Waals surface area (Å²) in [6.07, 6.45) is 4.05. The summed E-state index contributed by atoms with van der Waals surface area (Å²) in [5.74, 6) is 3.41. The Morgan fingerprint density at radius 3 is 1.77 bits per heavy atom. The highest BCUT2D eigenvalue weighted by Gasteiger charge is 2.17. The molecule has 1 N–H and O–H groups in total. The van der Waals surface area contributed by atoms with Gasteiger partial charge < -0.3 is 24.6 Å². The number of nitrogens with one attached hydrogen (secondary N) is 1. The number of pyridine rings is 1. The Morgan fingerprint density at radius 2 is 1.17 bits per heavy atom. The molecule has 1 fully saturated rings. The Morgan fingerprint density at radius 1 is 0.604 bits per heavy atom. The SMILES string of the molecule is Clc1ccc2c(NCCCN3CCN(CCCN(Cc4cccc(Oc5ccccc5)c4)Cc4cccc(Oc5ccccc5)c4)CC3)ccnc2c1. The fourth-order valence-electron chi connectivity index (χ4n) is 6.95. The van der Waals surface area contributed by atoms with Crippen molar-refractivity contribution < 1.29 is 9.47 Å². The zero-order chi connectivity index (χ0) is 36.1. The van der Waals surface area contributed by atoms with Crippen LogP contribution >= 0.6 is 11.6 Å². The van der Waals surface area contributed by atoms with E-state index in [1.54, 1.807) is 0 Å². The van der Waals surface area contributed by atoms with Crippen LogP contribution in [0.15, 0.2) is 140 Å². The Labute approximate surface area is 318 Å². The summed E-state index contributed by atoms with van der Waals surface area (Å²) in [6.45, 7) is 10.2. The Bertz CT molecular complexity index is 1930. The molecule has 1 saturated heterocycles. The second-order valence-electron chi connectivity index (χ2n) is 13.7. The van der Waals surface area contributed by atoms with Gasteiger partial charge in [0.15, 0.2) is 0 Å². The van der Waals surface area contributed by atoms with E-state index in [4.69, 9.17) is 21.1 Å². The van der Waals surface area contributed by atoms with E-state index in [9.17, 15) is 0 Å². The first-order valence-corrected chi connectivity index (χ1v) is 19.1. The van der Waals surface area contributed by atoms with Crippen LogP contribution in [-0.4, -0.2) is 72.0 Å². The average Bonchev–Trinajstić information content (AvgIpc) is 3.18.